The molecule has 24 heavy (non-hydrogen) atoms. The second-order valence-corrected chi connectivity index (χ2v) is 7.61. The lowest BCUT2D eigenvalue weighted by atomic mass is 10.3. The van der Waals surface area contributed by atoms with Gasteiger partial charge in [-0.25, -0.2) is 4.79 Å². The Morgan fingerprint density at radius 3 is 2.46 bits per heavy atom. The number of hydrogen-bond acceptors (Lipinski definition) is 5. The van der Waals surface area contributed by atoms with Crippen molar-refractivity contribution in [1.29, 1.82) is 0 Å². The van der Waals surface area contributed by atoms with Crippen molar-refractivity contribution in [2.24, 2.45) is 0 Å². The maximum absolute atomic E-state index is 12.2. The van der Waals surface area contributed by atoms with E-state index in [0.717, 1.165) is 11.3 Å². The number of benzene rings is 1. The van der Waals surface area contributed by atoms with Crippen molar-refractivity contribution in [2.45, 2.75) is 10.7 Å². The van der Waals surface area contributed by atoms with Gasteiger partial charge in [0.05, 0.1) is 9.90 Å². The van der Waals surface area contributed by atoms with Crippen LogP contribution in [0.5, 0.6) is 0 Å². The molecule has 1 amide bonds. The van der Waals surface area contributed by atoms with Gasteiger partial charge in [0.1, 0.15) is 4.34 Å². The zero-order valence-electron chi connectivity index (χ0n) is 11.7. The Kier molecular flexibility index (Phi) is 6.85. The van der Waals surface area contributed by atoms with Gasteiger partial charge in [-0.15, -0.1) is 11.3 Å². The van der Waals surface area contributed by atoms with Gasteiger partial charge in [-0.3, -0.25) is 4.79 Å². The first kappa shape index (κ1) is 19.0. The molecule has 0 radical (unpaired) electrons. The number of anilines is 1. The van der Waals surface area contributed by atoms with Gasteiger partial charge in [-0.05, 0) is 30.3 Å². The first-order valence-corrected chi connectivity index (χ1v) is 8.77. The topological polar surface area (TPSA) is 55.4 Å². The fourth-order valence-corrected chi connectivity index (χ4v) is 3.54. The summed E-state index contributed by atoms with van der Waals surface area (Å²) in [5.74, 6) is -3.85. The highest BCUT2D eigenvalue weighted by atomic mass is 35.5. The van der Waals surface area contributed by atoms with Crippen LogP contribution in [0.2, 0.25) is 8.67 Å². The van der Waals surface area contributed by atoms with Crippen LogP contribution >= 0.6 is 46.3 Å². The minimum Gasteiger partial charge on any atom is -0.452 e. The molecule has 10 heteroatoms. The number of ether oxygens (including phenoxy) is 1. The Morgan fingerprint density at radius 1 is 1.25 bits per heavy atom. The van der Waals surface area contributed by atoms with Crippen LogP contribution < -0.4 is 5.32 Å². The third kappa shape index (κ3) is 5.62. The number of nitrogens with one attached hydrogen (secondary N) is 1. The second-order valence-electron chi connectivity index (χ2n) is 4.27. The molecule has 128 valence electrons. The van der Waals surface area contributed by atoms with Crippen LogP contribution in [0.15, 0.2) is 35.2 Å². The number of thioether (sulfide) groups is 1. The normalized spacial score (nSPS) is 10.7. The summed E-state index contributed by atoms with van der Waals surface area (Å²) in [5, 5.41) is 2.48. The molecule has 0 bridgehead atoms. The largest absolute Gasteiger partial charge is 0.452 e. The predicted molar refractivity (Wildman–Crippen MR) is 91.6 cm³/mol. The molecule has 0 aliphatic carbocycles. The first-order valence-electron chi connectivity index (χ1n) is 6.32. The molecule has 0 unspecified atom stereocenters. The number of amides is 1. The zero-order chi connectivity index (χ0) is 17.7. The SMILES string of the molecule is O=C(COC(=O)c1cc(Cl)sc1Cl)Nc1ccc(SC(F)F)cc1. The third-order valence-corrected chi connectivity index (χ3v) is 4.78. The van der Waals surface area contributed by atoms with E-state index in [1.165, 1.54) is 30.3 Å². The smallest absolute Gasteiger partial charge is 0.341 e. The first-order chi connectivity index (χ1) is 11.3. The highest BCUT2D eigenvalue weighted by Crippen LogP contribution is 2.31. The highest BCUT2D eigenvalue weighted by molar-refractivity contribution is 7.99. The van der Waals surface area contributed by atoms with E-state index in [0.29, 0.717) is 26.7 Å². The molecule has 0 aliphatic heterocycles. The van der Waals surface area contributed by atoms with Crippen molar-refractivity contribution in [3.63, 3.8) is 0 Å². The van der Waals surface area contributed by atoms with Crippen LogP contribution in [-0.2, 0) is 9.53 Å². The quantitative estimate of drug-likeness (QED) is 0.526. The molecular weight excluding hydrogens is 403 g/mol. The van der Waals surface area contributed by atoms with Gasteiger partial charge in [0, 0.05) is 10.6 Å². The van der Waals surface area contributed by atoms with Crippen LogP contribution in [0, 0.1) is 0 Å². The molecule has 4 nitrogen and oxygen atoms in total. The summed E-state index contributed by atoms with van der Waals surface area (Å²) in [6, 6.07) is 7.20. The number of thiophene rings is 1. The molecule has 1 N–H and O–H groups in total. The van der Waals surface area contributed by atoms with Crippen molar-refractivity contribution in [3.8, 4) is 0 Å². The Hall–Kier alpha value is -1.35. The van der Waals surface area contributed by atoms with Gasteiger partial charge in [0.15, 0.2) is 6.61 Å². The number of alkyl halides is 2. The molecule has 0 saturated carbocycles. The predicted octanol–water partition coefficient (Wildman–Crippen LogP) is 5.17. The van der Waals surface area contributed by atoms with E-state index in [-0.39, 0.29) is 9.90 Å². The average Bonchev–Trinajstić information content (AvgIpc) is 2.85. The third-order valence-electron chi connectivity index (χ3n) is 2.57. The second kappa shape index (κ2) is 8.66. The van der Waals surface area contributed by atoms with Crippen molar-refractivity contribution in [3.05, 3.63) is 44.6 Å². The molecule has 2 aromatic rings. The van der Waals surface area contributed by atoms with Gasteiger partial charge in [-0.1, -0.05) is 35.0 Å². The molecule has 1 aromatic heterocycles. The van der Waals surface area contributed by atoms with Gasteiger partial charge < -0.3 is 10.1 Å². The summed E-state index contributed by atoms with van der Waals surface area (Å²) in [4.78, 5) is 23.9. The lowest BCUT2D eigenvalue weighted by molar-refractivity contribution is -0.119. The number of carbonyl (C=O) groups excluding carboxylic acids is 2. The number of esters is 1. The minimum atomic E-state index is -2.51. The van der Waals surface area contributed by atoms with E-state index in [1.807, 2.05) is 0 Å². The average molecular weight is 412 g/mol. The van der Waals surface area contributed by atoms with E-state index in [2.05, 4.69) is 5.32 Å². The Bertz CT molecular complexity index is 738. The highest BCUT2D eigenvalue weighted by Gasteiger charge is 2.17. The van der Waals surface area contributed by atoms with E-state index < -0.39 is 24.2 Å². The standard InChI is InChI=1S/C14H9Cl2F2NO3S2/c15-10-5-9(12(16)24-10)13(21)22-6-11(20)19-7-1-3-8(4-2-7)23-14(17)18/h1-5,14H,6H2,(H,19,20). The number of carbonyl (C=O) groups is 2. The van der Waals surface area contributed by atoms with Crippen LogP contribution in [0.25, 0.3) is 0 Å². The van der Waals surface area contributed by atoms with Crippen LogP contribution in [0.1, 0.15) is 10.4 Å². The maximum atomic E-state index is 12.2. The number of rotatable bonds is 6. The lowest BCUT2D eigenvalue weighted by Crippen LogP contribution is -2.20. The van der Waals surface area contributed by atoms with E-state index in [4.69, 9.17) is 27.9 Å². The molecule has 1 heterocycles. The molecule has 0 fully saturated rings. The fraction of sp³-hybridized carbons (Fsp3) is 0.143. The van der Waals surface area contributed by atoms with Crippen molar-refractivity contribution in [1.82, 2.24) is 0 Å². The van der Waals surface area contributed by atoms with Gasteiger partial charge >= 0.3 is 5.97 Å². The van der Waals surface area contributed by atoms with E-state index >= 15 is 0 Å². The molecular formula is C14H9Cl2F2NO3S2. The summed E-state index contributed by atoms with van der Waals surface area (Å²) >= 11 is 13.0. The van der Waals surface area contributed by atoms with Crippen LogP contribution in [-0.4, -0.2) is 24.2 Å². The zero-order valence-corrected chi connectivity index (χ0v) is 14.9. The van der Waals surface area contributed by atoms with Crippen LogP contribution in [0.3, 0.4) is 0 Å². The van der Waals surface area contributed by atoms with Crippen molar-refractivity contribution >= 4 is 63.9 Å². The summed E-state index contributed by atoms with van der Waals surface area (Å²) < 4.78 is 29.8. The molecule has 0 saturated heterocycles. The number of halogens is 4. The summed E-state index contributed by atoms with van der Waals surface area (Å²) in [6.45, 7) is -0.518. The molecule has 0 atom stereocenters. The fourth-order valence-electron chi connectivity index (χ4n) is 1.61. The molecule has 2 rings (SSSR count). The van der Waals surface area contributed by atoms with Gasteiger partial charge in [-0.2, -0.15) is 8.78 Å². The monoisotopic (exact) mass is 411 g/mol. The van der Waals surface area contributed by atoms with Gasteiger partial charge in [0.2, 0.25) is 0 Å². The number of hydrogen-bond donors (Lipinski definition) is 1. The van der Waals surface area contributed by atoms with Gasteiger partial charge in [0.25, 0.3) is 11.7 Å². The van der Waals surface area contributed by atoms with Crippen LogP contribution in [0.4, 0.5) is 14.5 Å². The summed E-state index contributed by atoms with van der Waals surface area (Å²) in [5.41, 5.74) is 0.485. The summed E-state index contributed by atoms with van der Waals surface area (Å²) in [6.07, 6.45) is 0. The van der Waals surface area contributed by atoms with Crippen molar-refractivity contribution < 1.29 is 23.1 Å². The Balaban J connectivity index is 1.85. The Morgan fingerprint density at radius 2 is 1.92 bits per heavy atom. The molecule has 0 aliphatic rings. The maximum Gasteiger partial charge on any atom is 0.341 e. The molecule has 0 spiro atoms. The van der Waals surface area contributed by atoms with E-state index in [9.17, 15) is 18.4 Å². The summed E-state index contributed by atoms with van der Waals surface area (Å²) in [7, 11) is 0. The minimum absolute atomic E-state index is 0.0906. The lowest BCUT2D eigenvalue weighted by Gasteiger charge is -2.07. The van der Waals surface area contributed by atoms with Crippen molar-refractivity contribution in [2.75, 3.05) is 11.9 Å². The van der Waals surface area contributed by atoms with E-state index in [1.54, 1.807) is 0 Å². The molecule has 1 aromatic carbocycles. The Labute approximate surface area is 154 Å².